The molecule has 0 radical (unpaired) electrons. The smallest absolute Gasteiger partial charge is 0.261 e. The highest BCUT2D eigenvalue weighted by molar-refractivity contribution is 7.15. The molecule has 3 atom stereocenters. The first kappa shape index (κ1) is 13.7. The molecule has 6 heteroatoms. The minimum Gasteiger partial charge on any atom is -0.428 e. The van der Waals surface area contributed by atoms with Crippen LogP contribution in [0.2, 0.25) is 0 Å². The highest BCUT2D eigenvalue weighted by atomic mass is 32.1. The van der Waals surface area contributed by atoms with E-state index in [1.54, 1.807) is 18.3 Å². The minimum absolute atomic E-state index is 0.0137. The van der Waals surface area contributed by atoms with Crippen LogP contribution in [-0.2, 0) is 0 Å². The lowest BCUT2D eigenvalue weighted by Gasteiger charge is -2.20. The number of nitrogens with zero attached hydrogens (tertiary/aromatic N) is 1. The predicted molar refractivity (Wildman–Crippen MR) is 84.4 cm³/mol. The Bertz CT molecular complexity index is 673. The summed E-state index contributed by atoms with van der Waals surface area (Å²) in [6, 6.07) is 10.4. The molecule has 2 aliphatic heterocycles. The summed E-state index contributed by atoms with van der Waals surface area (Å²) >= 11 is 1.34. The number of ether oxygens (including phenoxy) is 1. The Kier molecular flexibility index (Phi) is 3.56. The van der Waals surface area contributed by atoms with Crippen molar-refractivity contribution in [3.63, 3.8) is 0 Å². The van der Waals surface area contributed by atoms with Crippen molar-refractivity contribution >= 4 is 17.2 Å². The van der Waals surface area contributed by atoms with Gasteiger partial charge >= 0.3 is 0 Å². The van der Waals surface area contributed by atoms with Crippen LogP contribution in [-0.4, -0.2) is 29.0 Å². The van der Waals surface area contributed by atoms with E-state index in [9.17, 15) is 4.79 Å². The summed E-state index contributed by atoms with van der Waals surface area (Å²) in [4.78, 5) is 17.1. The summed E-state index contributed by atoms with van der Waals surface area (Å²) in [6.45, 7) is 0. The zero-order valence-corrected chi connectivity index (χ0v) is 12.8. The highest BCUT2D eigenvalue weighted by Gasteiger charge is 2.39. The third-order valence-corrected chi connectivity index (χ3v) is 5.23. The van der Waals surface area contributed by atoms with Gasteiger partial charge in [0.2, 0.25) is 5.88 Å². The van der Waals surface area contributed by atoms with Crippen molar-refractivity contribution in [1.29, 1.82) is 0 Å². The molecule has 4 rings (SSSR count). The Hall–Kier alpha value is -1.92. The third kappa shape index (κ3) is 2.71. The highest BCUT2D eigenvalue weighted by Crippen LogP contribution is 2.30. The minimum atomic E-state index is -0.0137. The van der Waals surface area contributed by atoms with Crippen LogP contribution >= 0.6 is 11.3 Å². The van der Waals surface area contributed by atoms with E-state index in [0.717, 1.165) is 12.8 Å². The summed E-state index contributed by atoms with van der Waals surface area (Å²) in [6.07, 6.45) is 5.12. The fraction of sp³-hybridized carbons (Fsp3) is 0.375. The molecular weight excluding hydrogens is 298 g/mol. The number of rotatable bonds is 4. The van der Waals surface area contributed by atoms with E-state index < -0.39 is 0 Å². The van der Waals surface area contributed by atoms with Gasteiger partial charge < -0.3 is 15.4 Å². The van der Waals surface area contributed by atoms with Crippen molar-refractivity contribution < 1.29 is 9.53 Å². The molecule has 22 heavy (non-hydrogen) atoms. The molecular formula is C16H17N3O2S. The number of hydrogen-bond acceptors (Lipinski definition) is 5. The third-order valence-electron chi connectivity index (χ3n) is 4.26. The van der Waals surface area contributed by atoms with Gasteiger partial charge in [0, 0.05) is 30.4 Å². The lowest BCUT2D eigenvalue weighted by Crippen LogP contribution is -2.42. The maximum Gasteiger partial charge on any atom is 0.261 e. The fourth-order valence-electron chi connectivity index (χ4n) is 3.23. The first-order valence-corrected chi connectivity index (χ1v) is 8.35. The second-order valence-electron chi connectivity index (χ2n) is 5.75. The van der Waals surface area contributed by atoms with E-state index in [-0.39, 0.29) is 11.9 Å². The molecule has 2 aliphatic rings. The predicted octanol–water partition coefficient (Wildman–Crippen LogP) is 2.56. The van der Waals surface area contributed by atoms with Crippen LogP contribution in [0.25, 0.3) is 0 Å². The number of amides is 1. The van der Waals surface area contributed by atoms with Crippen LogP contribution in [0, 0.1) is 0 Å². The Morgan fingerprint density at radius 3 is 3.00 bits per heavy atom. The molecule has 2 fully saturated rings. The van der Waals surface area contributed by atoms with E-state index in [4.69, 9.17) is 4.74 Å². The van der Waals surface area contributed by atoms with Gasteiger partial charge in [-0.05, 0) is 37.5 Å². The van der Waals surface area contributed by atoms with Crippen LogP contribution < -0.4 is 15.4 Å². The van der Waals surface area contributed by atoms with Gasteiger partial charge in [0.05, 0.1) is 4.88 Å². The molecule has 4 heterocycles. The van der Waals surface area contributed by atoms with Crippen molar-refractivity contribution in [2.45, 2.75) is 37.4 Å². The molecule has 0 aliphatic carbocycles. The lowest BCUT2D eigenvalue weighted by atomic mass is 9.95. The van der Waals surface area contributed by atoms with E-state index in [0.29, 0.717) is 27.9 Å². The van der Waals surface area contributed by atoms with Crippen LogP contribution in [0.15, 0.2) is 36.5 Å². The quantitative estimate of drug-likeness (QED) is 0.910. The average Bonchev–Trinajstić information content (AvgIpc) is 3.24. The van der Waals surface area contributed by atoms with Crippen LogP contribution in [0.3, 0.4) is 0 Å². The summed E-state index contributed by atoms with van der Waals surface area (Å²) in [5, 5.41) is 7.35. The fourth-order valence-corrected chi connectivity index (χ4v) is 4.00. The molecule has 0 saturated carbocycles. The summed E-state index contributed by atoms with van der Waals surface area (Å²) in [5.41, 5.74) is 0. The Morgan fingerprint density at radius 1 is 1.32 bits per heavy atom. The summed E-state index contributed by atoms with van der Waals surface area (Å²) in [7, 11) is 0. The Morgan fingerprint density at radius 2 is 2.27 bits per heavy atom. The van der Waals surface area contributed by atoms with E-state index >= 15 is 0 Å². The van der Waals surface area contributed by atoms with Gasteiger partial charge in [-0.2, -0.15) is 0 Å². The number of fused-ring (bicyclic) bond motifs is 2. The van der Waals surface area contributed by atoms with Crippen molar-refractivity contribution in [2.75, 3.05) is 0 Å². The van der Waals surface area contributed by atoms with Gasteiger partial charge in [-0.3, -0.25) is 4.79 Å². The van der Waals surface area contributed by atoms with Crippen molar-refractivity contribution in [3.8, 4) is 10.9 Å². The van der Waals surface area contributed by atoms with Crippen LogP contribution in [0.5, 0.6) is 10.9 Å². The van der Waals surface area contributed by atoms with Crippen molar-refractivity contribution in [2.24, 2.45) is 0 Å². The molecule has 114 valence electrons. The topological polar surface area (TPSA) is 63.2 Å². The molecule has 2 saturated heterocycles. The second-order valence-corrected chi connectivity index (χ2v) is 6.80. The van der Waals surface area contributed by atoms with Crippen molar-refractivity contribution in [1.82, 2.24) is 15.6 Å². The first-order valence-electron chi connectivity index (χ1n) is 7.53. The largest absolute Gasteiger partial charge is 0.428 e. The number of hydrogen-bond donors (Lipinski definition) is 2. The second kappa shape index (κ2) is 5.70. The van der Waals surface area contributed by atoms with E-state index in [1.807, 2.05) is 18.2 Å². The Labute approximate surface area is 132 Å². The molecule has 0 aromatic carbocycles. The van der Waals surface area contributed by atoms with Gasteiger partial charge in [0.25, 0.3) is 5.91 Å². The number of pyridine rings is 1. The average molecular weight is 315 g/mol. The zero-order valence-electron chi connectivity index (χ0n) is 12.0. The molecule has 0 spiro atoms. The van der Waals surface area contributed by atoms with Crippen LogP contribution in [0.1, 0.15) is 28.9 Å². The maximum atomic E-state index is 12.3. The lowest BCUT2D eigenvalue weighted by molar-refractivity contribution is 0.0935. The molecule has 2 aromatic heterocycles. The number of nitrogens with one attached hydrogen (secondary N) is 2. The zero-order chi connectivity index (χ0) is 14.9. The summed E-state index contributed by atoms with van der Waals surface area (Å²) < 4.78 is 5.64. The van der Waals surface area contributed by atoms with Gasteiger partial charge in [0.1, 0.15) is 0 Å². The van der Waals surface area contributed by atoms with Gasteiger partial charge in [-0.15, -0.1) is 0 Å². The van der Waals surface area contributed by atoms with E-state index in [2.05, 4.69) is 15.6 Å². The number of aromatic nitrogens is 1. The standard InChI is InChI=1S/C16H17N3O2S/c20-16(19-12-9-10-4-5-11(12)18-10)13-6-7-15(22-13)21-14-3-1-2-8-17-14/h1-3,6-8,10-12,18H,4-5,9H2,(H,19,20)/t10-,11+,12-/m1/s1. The maximum absolute atomic E-state index is 12.3. The normalized spacial score (nSPS) is 26.1. The number of carbonyl (C=O) groups excluding carboxylic acids is 1. The molecule has 2 bridgehead atoms. The molecule has 5 nitrogen and oxygen atoms in total. The van der Waals surface area contributed by atoms with Crippen molar-refractivity contribution in [3.05, 3.63) is 41.4 Å². The van der Waals surface area contributed by atoms with E-state index in [1.165, 1.54) is 17.8 Å². The van der Waals surface area contributed by atoms with Gasteiger partial charge in [0.15, 0.2) is 5.06 Å². The van der Waals surface area contributed by atoms with Gasteiger partial charge in [-0.1, -0.05) is 17.4 Å². The van der Waals surface area contributed by atoms with Crippen LogP contribution in [0.4, 0.5) is 0 Å². The first-order chi connectivity index (χ1) is 10.8. The Balaban J connectivity index is 1.39. The molecule has 1 amide bonds. The molecule has 2 aromatic rings. The molecule has 0 unspecified atom stereocenters. The van der Waals surface area contributed by atoms with Gasteiger partial charge in [-0.25, -0.2) is 4.98 Å². The SMILES string of the molecule is O=C(N[C@@H]1C[C@H]2CC[C@@H]1N2)c1ccc(Oc2ccccn2)s1. The number of thiophene rings is 1. The monoisotopic (exact) mass is 315 g/mol. The molecule has 2 N–H and O–H groups in total. The summed E-state index contributed by atoms with van der Waals surface area (Å²) in [5.74, 6) is 0.522. The number of carbonyl (C=O) groups is 1.